The van der Waals surface area contributed by atoms with Crippen LogP contribution in [-0.2, 0) is 0 Å². The van der Waals surface area contributed by atoms with E-state index in [2.05, 4.69) is 197 Å². The van der Waals surface area contributed by atoms with Crippen LogP contribution in [-0.4, -0.2) is 14.1 Å². The lowest BCUT2D eigenvalue weighted by molar-refractivity contribution is 0.624. The molecule has 3 aromatic heterocycles. The summed E-state index contributed by atoms with van der Waals surface area (Å²) in [5, 5.41) is 13.9. The number of hydrogen-bond acceptors (Lipinski definition) is 2. The van der Waals surface area contributed by atoms with Crippen molar-refractivity contribution < 1.29 is 4.42 Å². The number of nitrogens with zero attached hydrogens (tertiary/aromatic N) is 3. The van der Waals surface area contributed by atoms with Gasteiger partial charge in [0.15, 0.2) is 5.58 Å². The average molecular weight is 726 g/mol. The number of rotatable bonds is 3. The van der Waals surface area contributed by atoms with Gasteiger partial charge in [-0.2, -0.15) is 0 Å². The fourth-order valence-corrected chi connectivity index (χ4v) is 9.63. The van der Waals surface area contributed by atoms with E-state index >= 15 is 0 Å². The second-order valence-electron chi connectivity index (χ2n) is 15.1. The molecule has 10 aromatic carbocycles. The van der Waals surface area contributed by atoms with Crippen molar-refractivity contribution in [2.75, 3.05) is 0 Å². The van der Waals surface area contributed by atoms with Crippen molar-refractivity contribution in [1.29, 1.82) is 0 Å². The zero-order valence-electron chi connectivity index (χ0n) is 30.6. The molecule has 3 heterocycles. The van der Waals surface area contributed by atoms with Gasteiger partial charge in [-0.15, -0.1) is 0 Å². The van der Waals surface area contributed by atoms with Crippen LogP contribution in [0.1, 0.15) is 0 Å². The Bertz CT molecular complexity index is 3470. The first kappa shape index (κ1) is 30.6. The number of fused-ring (bicyclic) bond motifs is 14. The van der Waals surface area contributed by atoms with Crippen LogP contribution in [0.3, 0.4) is 0 Å². The molecule has 0 amide bonds. The molecule has 13 rings (SSSR count). The third-order valence-corrected chi connectivity index (χ3v) is 12.1. The molecule has 0 radical (unpaired) electrons. The predicted molar refractivity (Wildman–Crippen MR) is 238 cm³/mol. The minimum absolute atomic E-state index is 0.622. The summed E-state index contributed by atoms with van der Waals surface area (Å²) in [4.78, 5) is 5.52. The Morgan fingerprint density at radius 1 is 0.333 bits per heavy atom. The maximum Gasteiger partial charge on any atom is 0.228 e. The van der Waals surface area contributed by atoms with Gasteiger partial charge in [-0.25, -0.2) is 4.98 Å². The van der Waals surface area contributed by atoms with Crippen LogP contribution < -0.4 is 0 Å². The average Bonchev–Trinajstić information content (AvgIpc) is 3.96. The normalized spacial score (nSPS) is 12.2. The number of benzene rings is 10. The molecule has 0 bridgehead atoms. The number of aromatic nitrogens is 3. The Hall–Kier alpha value is -7.69. The summed E-state index contributed by atoms with van der Waals surface area (Å²) >= 11 is 0. The Labute approximate surface area is 326 Å². The number of hydrogen-bond donors (Lipinski definition) is 0. The second-order valence-corrected chi connectivity index (χ2v) is 15.1. The van der Waals surface area contributed by atoms with Gasteiger partial charge in [0, 0.05) is 43.7 Å². The van der Waals surface area contributed by atoms with Crippen molar-refractivity contribution in [3.63, 3.8) is 0 Å². The lowest BCUT2D eigenvalue weighted by atomic mass is 9.97. The summed E-state index contributed by atoms with van der Waals surface area (Å²) in [6.07, 6.45) is 0. The summed E-state index contributed by atoms with van der Waals surface area (Å²) in [7, 11) is 0. The van der Waals surface area contributed by atoms with Crippen LogP contribution in [0.2, 0.25) is 0 Å². The Morgan fingerprint density at radius 3 is 1.23 bits per heavy atom. The first-order chi connectivity index (χ1) is 28.3. The topological polar surface area (TPSA) is 35.9 Å². The molecule has 0 aliphatic rings. The fraction of sp³-hybridized carbons (Fsp3) is 0. The number of para-hydroxylation sites is 4. The molecule has 0 saturated carbocycles. The summed E-state index contributed by atoms with van der Waals surface area (Å²) in [5.74, 6) is 0.622. The summed E-state index contributed by atoms with van der Waals surface area (Å²) in [5.41, 5.74) is 9.51. The Balaban J connectivity index is 1.16. The third kappa shape index (κ3) is 4.24. The molecular weight excluding hydrogens is 695 g/mol. The van der Waals surface area contributed by atoms with E-state index in [1.807, 2.05) is 0 Å². The zero-order chi connectivity index (χ0) is 37.2. The van der Waals surface area contributed by atoms with Crippen molar-refractivity contribution in [3.05, 3.63) is 188 Å². The van der Waals surface area contributed by atoms with Crippen molar-refractivity contribution in [2.24, 2.45) is 0 Å². The molecule has 0 N–H and O–H groups in total. The van der Waals surface area contributed by atoms with Crippen molar-refractivity contribution in [3.8, 4) is 22.8 Å². The van der Waals surface area contributed by atoms with Crippen LogP contribution >= 0.6 is 0 Å². The molecule has 0 aliphatic carbocycles. The monoisotopic (exact) mass is 725 g/mol. The van der Waals surface area contributed by atoms with E-state index in [1.165, 1.54) is 43.6 Å². The van der Waals surface area contributed by atoms with Gasteiger partial charge in [-0.3, -0.25) is 0 Å². The van der Waals surface area contributed by atoms with Gasteiger partial charge in [-0.1, -0.05) is 133 Å². The minimum Gasteiger partial charge on any atom is -0.435 e. The third-order valence-electron chi connectivity index (χ3n) is 12.1. The van der Waals surface area contributed by atoms with Gasteiger partial charge >= 0.3 is 0 Å². The van der Waals surface area contributed by atoms with E-state index in [0.29, 0.717) is 5.89 Å². The highest BCUT2D eigenvalue weighted by Crippen LogP contribution is 2.44. The molecule has 57 heavy (non-hydrogen) atoms. The molecule has 4 nitrogen and oxygen atoms in total. The van der Waals surface area contributed by atoms with Crippen LogP contribution in [0, 0.1) is 0 Å². The maximum atomic E-state index is 7.18. The SMILES string of the molecule is c1ccc2c(-c3nc4c5cc(-n6c7ccccc7c7ccccc76)ccc5c5ccc(-n6c7ccccc7c7ccccc76)cc5c4o3)c3ccccc3cc2c1. The predicted octanol–water partition coefficient (Wildman–Crippen LogP) is 14.3. The van der Waals surface area contributed by atoms with Crippen molar-refractivity contribution in [2.45, 2.75) is 0 Å². The Kier molecular flexibility index (Phi) is 6.13. The zero-order valence-corrected chi connectivity index (χ0v) is 30.6. The van der Waals surface area contributed by atoms with Crippen LogP contribution in [0.15, 0.2) is 192 Å². The molecule has 264 valence electrons. The molecule has 0 aliphatic heterocycles. The lowest BCUT2D eigenvalue weighted by Gasteiger charge is -2.13. The highest BCUT2D eigenvalue weighted by molar-refractivity contribution is 6.24. The van der Waals surface area contributed by atoms with E-state index in [-0.39, 0.29) is 0 Å². The second kappa shape index (κ2) is 11.4. The molecular formula is C53H31N3O. The molecule has 4 heteroatoms. The first-order valence-corrected chi connectivity index (χ1v) is 19.5. The number of oxazole rings is 1. The van der Waals surface area contributed by atoms with E-state index in [1.54, 1.807) is 0 Å². The summed E-state index contributed by atoms with van der Waals surface area (Å²) in [6.45, 7) is 0. The van der Waals surface area contributed by atoms with Gasteiger partial charge in [0.2, 0.25) is 5.89 Å². The van der Waals surface area contributed by atoms with Gasteiger partial charge in [0.05, 0.1) is 27.6 Å². The maximum absolute atomic E-state index is 7.18. The quantitative estimate of drug-likeness (QED) is 0.134. The molecule has 0 fully saturated rings. The highest BCUT2D eigenvalue weighted by Gasteiger charge is 2.22. The van der Waals surface area contributed by atoms with E-state index in [0.717, 1.165) is 71.1 Å². The van der Waals surface area contributed by atoms with Crippen molar-refractivity contribution in [1.82, 2.24) is 14.1 Å². The van der Waals surface area contributed by atoms with Gasteiger partial charge in [0.1, 0.15) is 5.52 Å². The standard InChI is InChI=1S/C53H31N3O/c1-3-15-36-32(13-1)29-33-14-2-4-16-37(33)50(36)53-54-51-44-30-34(55-46-21-9-5-17-40(46)41-18-6-10-22-47(41)55)25-27-38(44)39-28-26-35(31-45(39)52(51)57-53)56-48-23-11-7-19-42(48)43-20-8-12-24-49(43)56/h1-31H. The van der Waals surface area contributed by atoms with Gasteiger partial charge in [0.25, 0.3) is 0 Å². The van der Waals surface area contributed by atoms with Crippen LogP contribution in [0.5, 0.6) is 0 Å². The molecule has 13 aromatic rings. The minimum atomic E-state index is 0.622. The largest absolute Gasteiger partial charge is 0.435 e. The smallest absolute Gasteiger partial charge is 0.228 e. The van der Waals surface area contributed by atoms with E-state index in [4.69, 9.17) is 9.40 Å². The molecule has 0 atom stereocenters. The highest BCUT2D eigenvalue weighted by atomic mass is 16.3. The molecule has 0 unspecified atom stereocenters. The van der Waals surface area contributed by atoms with Crippen molar-refractivity contribution >= 4 is 97.8 Å². The van der Waals surface area contributed by atoms with Crippen LogP contribution in [0.25, 0.3) is 121 Å². The van der Waals surface area contributed by atoms with Crippen LogP contribution in [0.4, 0.5) is 0 Å². The summed E-state index contributed by atoms with van der Waals surface area (Å²) < 4.78 is 11.9. The Morgan fingerprint density at radius 2 is 0.737 bits per heavy atom. The van der Waals surface area contributed by atoms with E-state index in [9.17, 15) is 0 Å². The summed E-state index contributed by atoms with van der Waals surface area (Å²) in [6, 6.07) is 67.7. The molecule has 0 spiro atoms. The first-order valence-electron chi connectivity index (χ1n) is 19.5. The molecule has 0 saturated heterocycles. The van der Waals surface area contributed by atoms with E-state index < -0.39 is 0 Å². The van der Waals surface area contributed by atoms with Gasteiger partial charge < -0.3 is 13.6 Å². The lowest BCUT2D eigenvalue weighted by Crippen LogP contribution is -1.95. The fourth-order valence-electron chi connectivity index (χ4n) is 9.63. The van der Waals surface area contributed by atoms with Gasteiger partial charge in [-0.05, 0) is 86.9 Å².